The molecule has 1 aromatic carbocycles. The second-order valence-corrected chi connectivity index (χ2v) is 2.81. The molecule has 1 saturated heterocycles. The van der Waals surface area contributed by atoms with Crippen molar-refractivity contribution < 1.29 is 9.47 Å². The number of benzene rings is 1. The van der Waals surface area contributed by atoms with E-state index in [0.29, 0.717) is 13.2 Å². The van der Waals surface area contributed by atoms with Gasteiger partial charge in [0, 0.05) is 5.56 Å². The van der Waals surface area contributed by atoms with Crippen LogP contribution in [0.3, 0.4) is 0 Å². The lowest BCUT2D eigenvalue weighted by molar-refractivity contribution is -0.0435. The summed E-state index contributed by atoms with van der Waals surface area (Å²) in [5.74, 6) is 5.36. The fourth-order valence-corrected chi connectivity index (χ4v) is 1.37. The molecule has 0 aliphatic carbocycles. The average molecular weight is 180 g/mol. The third-order valence-electron chi connectivity index (χ3n) is 1.99. The van der Waals surface area contributed by atoms with Crippen molar-refractivity contribution in [3.05, 3.63) is 29.8 Å². The summed E-state index contributed by atoms with van der Waals surface area (Å²) in [6.45, 7) is 1.28. The van der Waals surface area contributed by atoms with E-state index in [9.17, 15) is 0 Å². The van der Waals surface area contributed by atoms with E-state index in [1.165, 1.54) is 0 Å². The predicted octanol–water partition coefficient (Wildman–Crippen LogP) is 1.02. The van der Waals surface area contributed by atoms with Gasteiger partial charge in [-0.1, -0.05) is 18.2 Å². The first-order chi connectivity index (χ1) is 6.42. The molecule has 3 N–H and O–H groups in total. The van der Waals surface area contributed by atoms with E-state index in [-0.39, 0.29) is 6.29 Å². The van der Waals surface area contributed by atoms with Crippen LogP contribution in [-0.4, -0.2) is 13.2 Å². The second kappa shape index (κ2) is 3.74. The lowest BCUT2D eigenvalue weighted by Crippen LogP contribution is -2.11. The number of nitrogens with two attached hydrogens (primary N) is 1. The molecule has 4 heteroatoms. The Morgan fingerprint density at radius 1 is 1.23 bits per heavy atom. The van der Waals surface area contributed by atoms with Crippen molar-refractivity contribution in [3.63, 3.8) is 0 Å². The zero-order valence-corrected chi connectivity index (χ0v) is 7.19. The van der Waals surface area contributed by atoms with Gasteiger partial charge in [-0.05, 0) is 6.07 Å². The molecule has 0 unspecified atom stereocenters. The van der Waals surface area contributed by atoms with Crippen LogP contribution in [0.2, 0.25) is 0 Å². The summed E-state index contributed by atoms with van der Waals surface area (Å²) in [4.78, 5) is 0. The molecular weight excluding hydrogens is 168 g/mol. The summed E-state index contributed by atoms with van der Waals surface area (Å²) in [6, 6.07) is 7.67. The Labute approximate surface area is 76.6 Å². The fourth-order valence-electron chi connectivity index (χ4n) is 1.37. The summed E-state index contributed by atoms with van der Waals surface area (Å²) in [7, 11) is 0. The number of ether oxygens (including phenoxy) is 2. The summed E-state index contributed by atoms with van der Waals surface area (Å²) in [5.41, 5.74) is 4.40. The quantitative estimate of drug-likeness (QED) is 0.527. The molecular formula is C9H12N2O2. The summed E-state index contributed by atoms with van der Waals surface area (Å²) < 4.78 is 10.7. The van der Waals surface area contributed by atoms with Crippen molar-refractivity contribution in [2.24, 2.45) is 5.84 Å². The average Bonchev–Trinajstić information content (AvgIpc) is 2.70. The van der Waals surface area contributed by atoms with Gasteiger partial charge in [0.25, 0.3) is 0 Å². The molecule has 1 heterocycles. The summed E-state index contributed by atoms with van der Waals surface area (Å²) in [5, 5.41) is 0. The number of hydrazine groups is 1. The van der Waals surface area contributed by atoms with Gasteiger partial charge in [0.05, 0.1) is 18.9 Å². The highest BCUT2D eigenvalue weighted by atomic mass is 16.7. The van der Waals surface area contributed by atoms with Crippen LogP contribution in [0.1, 0.15) is 11.9 Å². The van der Waals surface area contributed by atoms with Crippen LogP contribution >= 0.6 is 0 Å². The second-order valence-electron chi connectivity index (χ2n) is 2.81. The molecule has 1 aliphatic rings. The number of rotatable bonds is 2. The Balaban J connectivity index is 2.26. The maximum absolute atomic E-state index is 5.36. The van der Waals surface area contributed by atoms with E-state index in [1.54, 1.807) is 0 Å². The van der Waals surface area contributed by atoms with Crippen molar-refractivity contribution in [2.45, 2.75) is 6.29 Å². The zero-order chi connectivity index (χ0) is 9.10. The van der Waals surface area contributed by atoms with Gasteiger partial charge < -0.3 is 14.9 Å². The summed E-state index contributed by atoms with van der Waals surface area (Å²) in [6.07, 6.45) is -0.271. The lowest BCUT2D eigenvalue weighted by atomic mass is 10.2. The van der Waals surface area contributed by atoms with Crippen LogP contribution < -0.4 is 11.3 Å². The first kappa shape index (κ1) is 8.50. The third-order valence-corrected chi connectivity index (χ3v) is 1.99. The Hall–Kier alpha value is -1.10. The van der Waals surface area contributed by atoms with Crippen LogP contribution in [0.5, 0.6) is 0 Å². The van der Waals surface area contributed by atoms with E-state index in [2.05, 4.69) is 5.43 Å². The van der Waals surface area contributed by atoms with E-state index in [1.807, 2.05) is 24.3 Å². The van der Waals surface area contributed by atoms with E-state index >= 15 is 0 Å². The maximum atomic E-state index is 5.36. The molecule has 0 saturated carbocycles. The molecule has 1 aromatic rings. The van der Waals surface area contributed by atoms with Crippen LogP contribution in [-0.2, 0) is 9.47 Å². The van der Waals surface area contributed by atoms with Crippen molar-refractivity contribution in [1.29, 1.82) is 0 Å². The molecule has 0 bridgehead atoms. The minimum absolute atomic E-state index is 0.271. The van der Waals surface area contributed by atoms with E-state index in [4.69, 9.17) is 15.3 Å². The summed E-state index contributed by atoms with van der Waals surface area (Å²) >= 11 is 0. The number of anilines is 1. The number of hydrogen-bond donors (Lipinski definition) is 2. The smallest absolute Gasteiger partial charge is 0.186 e. The van der Waals surface area contributed by atoms with Gasteiger partial charge in [-0.2, -0.15) is 0 Å². The first-order valence-electron chi connectivity index (χ1n) is 4.20. The number of nitrogen functional groups attached to an aromatic ring is 1. The van der Waals surface area contributed by atoms with Gasteiger partial charge in [0.2, 0.25) is 0 Å². The van der Waals surface area contributed by atoms with Gasteiger partial charge in [-0.25, -0.2) is 0 Å². The molecule has 0 atom stereocenters. The monoisotopic (exact) mass is 180 g/mol. The minimum atomic E-state index is -0.271. The largest absolute Gasteiger partial charge is 0.346 e. The van der Waals surface area contributed by atoms with Gasteiger partial charge in [-0.3, -0.25) is 5.84 Å². The molecule has 0 amide bonds. The molecule has 70 valence electrons. The van der Waals surface area contributed by atoms with Gasteiger partial charge in [0.15, 0.2) is 6.29 Å². The number of para-hydroxylation sites is 1. The molecule has 0 spiro atoms. The first-order valence-corrected chi connectivity index (χ1v) is 4.20. The predicted molar refractivity (Wildman–Crippen MR) is 48.9 cm³/mol. The Morgan fingerprint density at radius 3 is 2.62 bits per heavy atom. The Morgan fingerprint density at radius 2 is 1.92 bits per heavy atom. The van der Waals surface area contributed by atoms with Gasteiger partial charge in [0.1, 0.15) is 0 Å². The molecule has 0 aromatic heterocycles. The maximum Gasteiger partial charge on any atom is 0.186 e. The number of hydrogen-bond acceptors (Lipinski definition) is 4. The zero-order valence-electron chi connectivity index (χ0n) is 7.19. The molecule has 0 radical (unpaired) electrons. The van der Waals surface area contributed by atoms with Crippen molar-refractivity contribution in [2.75, 3.05) is 18.6 Å². The third kappa shape index (κ3) is 1.65. The molecule has 1 fully saturated rings. The molecule has 13 heavy (non-hydrogen) atoms. The highest BCUT2D eigenvalue weighted by molar-refractivity contribution is 5.50. The normalized spacial score (nSPS) is 17.6. The van der Waals surface area contributed by atoms with Crippen LogP contribution in [0.25, 0.3) is 0 Å². The Bertz CT molecular complexity index is 285. The fraction of sp³-hybridized carbons (Fsp3) is 0.333. The van der Waals surface area contributed by atoms with E-state index in [0.717, 1.165) is 11.3 Å². The Kier molecular flexibility index (Phi) is 2.44. The number of nitrogens with one attached hydrogen (secondary N) is 1. The topological polar surface area (TPSA) is 56.5 Å². The lowest BCUT2D eigenvalue weighted by Gasteiger charge is -2.13. The van der Waals surface area contributed by atoms with Crippen molar-refractivity contribution in [1.82, 2.24) is 0 Å². The van der Waals surface area contributed by atoms with Crippen LogP contribution in [0.4, 0.5) is 5.69 Å². The van der Waals surface area contributed by atoms with Gasteiger partial charge >= 0.3 is 0 Å². The highest BCUT2D eigenvalue weighted by Crippen LogP contribution is 2.28. The highest BCUT2D eigenvalue weighted by Gasteiger charge is 2.20. The van der Waals surface area contributed by atoms with Crippen LogP contribution in [0, 0.1) is 0 Å². The SMILES string of the molecule is NNc1ccccc1C1OCCO1. The van der Waals surface area contributed by atoms with Crippen molar-refractivity contribution in [3.8, 4) is 0 Å². The standard InChI is InChI=1S/C9H12N2O2/c10-11-8-4-2-1-3-7(8)9-12-5-6-13-9/h1-4,9,11H,5-6,10H2. The van der Waals surface area contributed by atoms with Crippen molar-refractivity contribution >= 4 is 5.69 Å². The molecule has 1 aliphatic heterocycles. The molecule has 4 nitrogen and oxygen atoms in total. The van der Waals surface area contributed by atoms with E-state index < -0.39 is 0 Å². The molecule has 2 rings (SSSR count). The minimum Gasteiger partial charge on any atom is -0.346 e. The van der Waals surface area contributed by atoms with Crippen LogP contribution in [0.15, 0.2) is 24.3 Å². The van der Waals surface area contributed by atoms with Gasteiger partial charge in [-0.15, -0.1) is 0 Å².